The lowest BCUT2D eigenvalue weighted by molar-refractivity contribution is 0.299. The molecule has 1 N–H and O–H groups in total. The topological polar surface area (TPSA) is 56.5 Å². The van der Waals surface area contributed by atoms with Gasteiger partial charge in [0.1, 0.15) is 11.5 Å². The fraction of sp³-hybridized carbons (Fsp3) is 0.278. The lowest BCUT2D eigenvalue weighted by Crippen LogP contribution is -2.01. The molecule has 0 aliphatic rings. The molecule has 0 radical (unpaired) electrons. The van der Waals surface area contributed by atoms with Gasteiger partial charge in [-0.3, -0.25) is 0 Å². The first-order valence-corrected chi connectivity index (χ1v) is 7.50. The SMILES string of the molecule is COc1ccc(Cn2cnc3ccc(CCO)cc32)c(OC)c1. The summed E-state index contributed by atoms with van der Waals surface area (Å²) in [4.78, 5) is 4.44. The molecule has 0 saturated heterocycles. The van der Waals surface area contributed by atoms with Crippen LogP contribution >= 0.6 is 0 Å². The number of aromatic nitrogens is 2. The zero-order valence-electron chi connectivity index (χ0n) is 13.3. The van der Waals surface area contributed by atoms with Crippen molar-refractivity contribution in [2.24, 2.45) is 0 Å². The molecule has 0 unspecified atom stereocenters. The summed E-state index contributed by atoms with van der Waals surface area (Å²) in [5.41, 5.74) is 4.15. The van der Waals surface area contributed by atoms with E-state index in [2.05, 4.69) is 15.6 Å². The van der Waals surface area contributed by atoms with Gasteiger partial charge in [-0.05, 0) is 36.2 Å². The maximum absolute atomic E-state index is 9.11. The highest BCUT2D eigenvalue weighted by Gasteiger charge is 2.09. The molecule has 0 atom stereocenters. The van der Waals surface area contributed by atoms with E-state index in [1.165, 1.54) is 0 Å². The molecule has 1 aromatic heterocycles. The largest absolute Gasteiger partial charge is 0.497 e. The van der Waals surface area contributed by atoms with E-state index in [9.17, 15) is 0 Å². The lowest BCUT2D eigenvalue weighted by atomic mass is 10.1. The Bertz CT molecular complexity index is 811. The van der Waals surface area contributed by atoms with Crippen molar-refractivity contribution in [3.63, 3.8) is 0 Å². The highest BCUT2D eigenvalue weighted by atomic mass is 16.5. The second-order valence-corrected chi connectivity index (χ2v) is 5.35. The zero-order chi connectivity index (χ0) is 16.2. The number of ether oxygens (including phenoxy) is 2. The predicted molar refractivity (Wildman–Crippen MR) is 89.2 cm³/mol. The lowest BCUT2D eigenvalue weighted by Gasteiger charge is -2.12. The Morgan fingerprint density at radius 3 is 2.70 bits per heavy atom. The van der Waals surface area contributed by atoms with Gasteiger partial charge in [0.05, 0.1) is 38.1 Å². The van der Waals surface area contributed by atoms with E-state index >= 15 is 0 Å². The number of hydrogen-bond acceptors (Lipinski definition) is 4. The van der Waals surface area contributed by atoms with Crippen LogP contribution in [0.2, 0.25) is 0 Å². The molecule has 1 heterocycles. The fourth-order valence-corrected chi connectivity index (χ4v) is 2.68. The summed E-state index contributed by atoms with van der Waals surface area (Å²) in [5.74, 6) is 1.56. The van der Waals surface area contributed by atoms with Gasteiger partial charge in [-0.1, -0.05) is 6.07 Å². The van der Waals surface area contributed by atoms with E-state index in [0.717, 1.165) is 33.7 Å². The van der Waals surface area contributed by atoms with Gasteiger partial charge in [0.2, 0.25) is 0 Å². The highest BCUT2D eigenvalue weighted by molar-refractivity contribution is 5.76. The predicted octanol–water partition coefficient (Wildman–Crippen LogP) is 2.64. The molecule has 0 aliphatic carbocycles. The van der Waals surface area contributed by atoms with Crippen LogP contribution in [0, 0.1) is 0 Å². The number of hydrogen-bond donors (Lipinski definition) is 1. The highest BCUT2D eigenvalue weighted by Crippen LogP contribution is 2.26. The smallest absolute Gasteiger partial charge is 0.127 e. The molecule has 23 heavy (non-hydrogen) atoms. The number of fused-ring (bicyclic) bond motifs is 1. The summed E-state index contributed by atoms with van der Waals surface area (Å²) in [7, 11) is 3.30. The molecule has 5 heteroatoms. The normalized spacial score (nSPS) is 10.9. The third-order valence-corrected chi connectivity index (χ3v) is 3.92. The molecular weight excluding hydrogens is 292 g/mol. The minimum absolute atomic E-state index is 0.145. The zero-order valence-corrected chi connectivity index (χ0v) is 13.3. The van der Waals surface area contributed by atoms with Crippen molar-refractivity contribution in [1.29, 1.82) is 0 Å². The van der Waals surface area contributed by atoms with Gasteiger partial charge in [-0.15, -0.1) is 0 Å². The average molecular weight is 312 g/mol. The minimum Gasteiger partial charge on any atom is -0.497 e. The quantitative estimate of drug-likeness (QED) is 0.760. The van der Waals surface area contributed by atoms with Crippen molar-refractivity contribution in [1.82, 2.24) is 9.55 Å². The minimum atomic E-state index is 0.145. The van der Waals surface area contributed by atoms with Crippen molar-refractivity contribution >= 4 is 11.0 Å². The molecule has 3 rings (SSSR count). The summed E-state index contributed by atoms with van der Waals surface area (Å²) in [6, 6.07) is 11.9. The number of imidazole rings is 1. The van der Waals surface area contributed by atoms with Crippen LogP contribution in [-0.2, 0) is 13.0 Å². The maximum Gasteiger partial charge on any atom is 0.127 e. The molecule has 0 saturated carbocycles. The van der Waals surface area contributed by atoms with E-state index in [-0.39, 0.29) is 6.61 Å². The van der Waals surface area contributed by atoms with Gasteiger partial charge in [-0.25, -0.2) is 4.98 Å². The number of nitrogens with zero attached hydrogens (tertiary/aromatic N) is 2. The van der Waals surface area contributed by atoms with Crippen molar-refractivity contribution in [3.8, 4) is 11.5 Å². The molecule has 0 spiro atoms. The van der Waals surface area contributed by atoms with Gasteiger partial charge in [0.15, 0.2) is 0 Å². The molecule has 3 aromatic rings. The summed E-state index contributed by atoms with van der Waals surface area (Å²) in [6.45, 7) is 0.804. The number of aliphatic hydroxyl groups excluding tert-OH is 1. The molecule has 0 aliphatic heterocycles. The van der Waals surface area contributed by atoms with E-state index in [0.29, 0.717) is 13.0 Å². The van der Waals surface area contributed by atoms with Gasteiger partial charge in [0.25, 0.3) is 0 Å². The van der Waals surface area contributed by atoms with Crippen LogP contribution in [0.4, 0.5) is 0 Å². The Morgan fingerprint density at radius 1 is 1.09 bits per heavy atom. The first kappa shape index (κ1) is 15.4. The Balaban J connectivity index is 1.96. The van der Waals surface area contributed by atoms with Gasteiger partial charge in [-0.2, -0.15) is 0 Å². The second-order valence-electron chi connectivity index (χ2n) is 5.35. The van der Waals surface area contributed by atoms with Crippen LogP contribution in [0.25, 0.3) is 11.0 Å². The standard InChI is InChI=1S/C18H20N2O3/c1-22-15-5-4-14(18(10-15)23-2)11-20-12-19-16-6-3-13(7-8-21)9-17(16)20/h3-6,9-10,12,21H,7-8,11H2,1-2H3. The second kappa shape index (κ2) is 6.71. The van der Waals surface area contributed by atoms with Gasteiger partial charge in [0, 0.05) is 18.2 Å². The molecule has 0 bridgehead atoms. The molecule has 120 valence electrons. The van der Waals surface area contributed by atoms with Gasteiger partial charge >= 0.3 is 0 Å². The van der Waals surface area contributed by atoms with E-state index in [1.54, 1.807) is 14.2 Å². The average Bonchev–Trinajstić information content (AvgIpc) is 2.98. The summed E-state index contributed by atoms with van der Waals surface area (Å²) in [5, 5.41) is 9.11. The Morgan fingerprint density at radius 2 is 1.96 bits per heavy atom. The van der Waals surface area contributed by atoms with Crippen LogP contribution in [0.15, 0.2) is 42.7 Å². The first-order chi connectivity index (χ1) is 11.2. The van der Waals surface area contributed by atoms with Crippen molar-refractivity contribution in [3.05, 3.63) is 53.9 Å². The van der Waals surface area contributed by atoms with Crippen molar-refractivity contribution in [2.45, 2.75) is 13.0 Å². The Hall–Kier alpha value is -2.53. The monoisotopic (exact) mass is 312 g/mol. The van der Waals surface area contributed by atoms with Crippen molar-refractivity contribution < 1.29 is 14.6 Å². The fourth-order valence-electron chi connectivity index (χ4n) is 2.68. The molecule has 0 fully saturated rings. The van der Waals surface area contributed by atoms with Crippen LogP contribution in [0.1, 0.15) is 11.1 Å². The third-order valence-electron chi connectivity index (χ3n) is 3.92. The van der Waals surface area contributed by atoms with Crippen LogP contribution in [0.5, 0.6) is 11.5 Å². The summed E-state index contributed by atoms with van der Waals surface area (Å²) >= 11 is 0. The summed E-state index contributed by atoms with van der Waals surface area (Å²) < 4.78 is 12.8. The molecular formula is C18H20N2O3. The van der Waals surface area contributed by atoms with E-state index < -0.39 is 0 Å². The third kappa shape index (κ3) is 3.14. The molecule has 2 aromatic carbocycles. The van der Waals surface area contributed by atoms with Gasteiger partial charge < -0.3 is 19.1 Å². The van der Waals surface area contributed by atoms with Crippen LogP contribution < -0.4 is 9.47 Å². The first-order valence-electron chi connectivity index (χ1n) is 7.50. The molecule has 0 amide bonds. The number of methoxy groups -OCH3 is 2. The Kier molecular flexibility index (Phi) is 4.48. The number of aliphatic hydroxyl groups is 1. The number of benzene rings is 2. The van der Waals surface area contributed by atoms with Crippen LogP contribution in [-0.4, -0.2) is 35.5 Å². The van der Waals surface area contributed by atoms with Crippen LogP contribution in [0.3, 0.4) is 0 Å². The van der Waals surface area contributed by atoms with E-state index in [4.69, 9.17) is 14.6 Å². The summed E-state index contributed by atoms with van der Waals surface area (Å²) in [6.07, 6.45) is 2.48. The Labute approximate surface area is 135 Å². The van der Waals surface area contributed by atoms with E-state index in [1.807, 2.05) is 36.7 Å². The molecule has 5 nitrogen and oxygen atoms in total. The number of rotatable bonds is 6. The maximum atomic E-state index is 9.11. The van der Waals surface area contributed by atoms with Crippen molar-refractivity contribution in [2.75, 3.05) is 20.8 Å².